The summed E-state index contributed by atoms with van der Waals surface area (Å²) in [7, 11) is 0. The molecule has 8 aromatic carbocycles. The Morgan fingerprint density at radius 3 is 1.67 bits per heavy atom. The van der Waals surface area contributed by atoms with E-state index in [2.05, 4.69) is 221 Å². The van der Waals surface area contributed by atoms with Gasteiger partial charge in [0.05, 0.1) is 0 Å². The minimum absolute atomic E-state index is 0.106. The summed E-state index contributed by atoms with van der Waals surface area (Å²) in [5.74, 6) is 0. The Hall–Kier alpha value is -6.38. The maximum absolute atomic E-state index is 2.54. The van der Waals surface area contributed by atoms with Crippen LogP contribution in [0.2, 0.25) is 0 Å². The Bertz CT molecular complexity index is 3090. The van der Waals surface area contributed by atoms with Gasteiger partial charge in [-0.05, 0) is 143 Å². The summed E-state index contributed by atoms with van der Waals surface area (Å²) in [6, 6.07) is 59.6. The molecule has 0 saturated heterocycles. The number of para-hydroxylation sites is 2. The number of hydrogen-bond donors (Lipinski definition) is 0. The first-order valence-electron chi connectivity index (χ1n) is 22.2. The minimum atomic E-state index is -0.106. The average Bonchev–Trinajstić information content (AvgIpc) is 3.50. The lowest BCUT2D eigenvalue weighted by Gasteiger charge is -2.40. The Balaban J connectivity index is 0.873. The van der Waals surface area contributed by atoms with Crippen LogP contribution in [-0.4, -0.2) is 13.1 Å². The quantitative estimate of drug-likeness (QED) is 0.160. The number of anilines is 4. The van der Waals surface area contributed by atoms with E-state index in [9.17, 15) is 0 Å². The molecule has 0 unspecified atom stereocenters. The zero-order valence-electron chi connectivity index (χ0n) is 36.4. The van der Waals surface area contributed by atoms with Crippen molar-refractivity contribution in [3.05, 3.63) is 191 Å². The molecule has 3 aliphatic rings. The summed E-state index contributed by atoms with van der Waals surface area (Å²) in [6.07, 6.45) is 6.87. The molecule has 0 amide bonds. The molecule has 0 spiro atoms. The number of fused-ring (bicyclic) bond motifs is 7. The highest BCUT2D eigenvalue weighted by atomic mass is 15.2. The average molecular weight is 791 g/mol. The van der Waals surface area contributed by atoms with E-state index in [-0.39, 0.29) is 16.2 Å². The van der Waals surface area contributed by atoms with Gasteiger partial charge in [0.25, 0.3) is 0 Å². The number of benzene rings is 8. The van der Waals surface area contributed by atoms with E-state index in [1.165, 1.54) is 99.9 Å². The van der Waals surface area contributed by atoms with Crippen molar-refractivity contribution < 1.29 is 0 Å². The molecule has 0 radical (unpaired) electrons. The molecule has 61 heavy (non-hydrogen) atoms. The van der Waals surface area contributed by atoms with Gasteiger partial charge in [0.15, 0.2) is 0 Å². The number of rotatable bonds is 5. The second-order valence-corrected chi connectivity index (χ2v) is 19.6. The summed E-state index contributed by atoms with van der Waals surface area (Å²) in [5.41, 5.74) is 18.8. The van der Waals surface area contributed by atoms with Gasteiger partial charge in [-0.2, -0.15) is 0 Å². The van der Waals surface area contributed by atoms with E-state index in [1.807, 2.05) is 0 Å². The molecule has 0 saturated carbocycles. The summed E-state index contributed by atoms with van der Waals surface area (Å²) in [6.45, 7) is 16.3. The number of hydrogen-bond acceptors (Lipinski definition) is 2. The van der Waals surface area contributed by atoms with E-state index in [1.54, 1.807) is 0 Å². The van der Waals surface area contributed by atoms with Gasteiger partial charge in [0, 0.05) is 41.3 Å². The van der Waals surface area contributed by atoms with Crippen LogP contribution in [0.5, 0.6) is 0 Å². The third-order valence-electron chi connectivity index (χ3n) is 14.6. The molecule has 0 aromatic heterocycles. The lowest BCUT2D eigenvalue weighted by atomic mass is 9.77. The molecule has 2 heteroatoms. The van der Waals surface area contributed by atoms with Crippen molar-refractivity contribution in [1.82, 2.24) is 0 Å². The first-order chi connectivity index (χ1) is 29.5. The second kappa shape index (κ2) is 13.8. The van der Waals surface area contributed by atoms with E-state index in [0.717, 1.165) is 25.9 Å². The first-order valence-corrected chi connectivity index (χ1v) is 22.2. The monoisotopic (exact) mass is 790 g/mol. The van der Waals surface area contributed by atoms with E-state index in [4.69, 9.17) is 0 Å². The van der Waals surface area contributed by atoms with Crippen LogP contribution in [0.3, 0.4) is 0 Å². The molecule has 8 aromatic rings. The zero-order chi connectivity index (χ0) is 41.7. The minimum Gasteiger partial charge on any atom is -0.341 e. The fourth-order valence-electron chi connectivity index (χ4n) is 10.9. The lowest BCUT2D eigenvalue weighted by Crippen LogP contribution is -2.34. The molecular formula is C59H54N2. The Labute approximate surface area is 361 Å². The van der Waals surface area contributed by atoms with Crippen LogP contribution in [0.15, 0.2) is 158 Å². The molecule has 300 valence electrons. The smallest absolute Gasteiger partial charge is 0.0448 e. The van der Waals surface area contributed by atoms with E-state index in [0.29, 0.717) is 0 Å². The van der Waals surface area contributed by atoms with Crippen molar-refractivity contribution >= 4 is 56.4 Å². The molecule has 2 nitrogen and oxygen atoms in total. The van der Waals surface area contributed by atoms with E-state index >= 15 is 0 Å². The Kier molecular flexibility index (Phi) is 8.52. The summed E-state index contributed by atoms with van der Waals surface area (Å²) >= 11 is 0. The highest BCUT2D eigenvalue weighted by Crippen LogP contribution is 2.52. The molecule has 11 rings (SSSR count). The maximum atomic E-state index is 2.54. The normalized spacial score (nSPS) is 17.0. The van der Waals surface area contributed by atoms with Gasteiger partial charge in [-0.3, -0.25) is 0 Å². The summed E-state index contributed by atoms with van der Waals surface area (Å²) < 4.78 is 0. The van der Waals surface area contributed by atoms with E-state index < -0.39 is 0 Å². The van der Waals surface area contributed by atoms with Gasteiger partial charge in [-0.25, -0.2) is 0 Å². The van der Waals surface area contributed by atoms with Crippen molar-refractivity contribution in [2.75, 3.05) is 22.9 Å². The molecule has 0 fully saturated rings. The van der Waals surface area contributed by atoms with Crippen LogP contribution in [0.1, 0.15) is 87.8 Å². The van der Waals surface area contributed by atoms with Crippen molar-refractivity contribution in [3.63, 3.8) is 0 Å². The predicted octanol–water partition coefficient (Wildman–Crippen LogP) is 15.8. The van der Waals surface area contributed by atoms with Crippen molar-refractivity contribution in [1.29, 1.82) is 0 Å². The summed E-state index contributed by atoms with van der Waals surface area (Å²) in [4.78, 5) is 5.04. The van der Waals surface area contributed by atoms with Crippen LogP contribution in [0.25, 0.3) is 56.0 Å². The first kappa shape index (κ1) is 37.6. The molecule has 1 aliphatic carbocycles. The third-order valence-corrected chi connectivity index (χ3v) is 14.6. The fraction of sp³-hybridized carbons (Fsp3) is 0.220. The number of nitrogens with zero attached hydrogens (tertiary/aromatic N) is 2. The van der Waals surface area contributed by atoms with Crippen LogP contribution >= 0.6 is 0 Å². The standard InChI is InChI=1S/C59H54N2/c1-57(2)31-33-60(55-17-11-9-15-51(55)57)44-26-24-41-36-43(23-22-42(41)37-44)47-29-25-40(46-13-7-8-14-48(46)47)21-19-39-20-28-49-50-30-27-45(38-54(50)59(5,6)53(49)35-39)61-34-32-58(3,4)52-16-10-12-18-56(52)61/h7-30,35-38H,31-34H2,1-6H3/b21-19+. The fourth-order valence-corrected chi connectivity index (χ4v) is 10.9. The molecule has 2 aliphatic heterocycles. The lowest BCUT2D eigenvalue weighted by molar-refractivity contribution is 0.467. The largest absolute Gasteiger partial charge is 0.341 e. The highest BCUT2D eigenvalue weighted by Gasteiger charge is 2.37. The predicted molar refractivity (Wildman–Crippen MR) is 262 cm³/mol. The van der Waals surface area contributed by atoms with Gasteiger partial charge in [0.2, 0.25) is 0 Å². The Morgan fingerprint density at radius 2 is 0.967 bits per heavy atom. The topological polar surface area (TPSA) is 6.48 Å². The Morgan fingerprint density at radius 1 is 0.426 bits per heavy atom. The maximum Gasteiger partial charge on any atom is 0.0448 e. The van der Waals surface area contributed by atoms with Gasteiger partial charge >= 0.3 is 0 Å². The van der Waals surface area contributed by atoms with Gasteiger partial charge < -0.3 is 9.80 Å². The molecule has 0 bridgehead atoms. The van der Waals surface area contributed by atoms with Crippen LogP contribution in [-0.2, 0) is 16.2 Å². The second-order valence-electron chi connectivity index (χ2n) is 19.6. The van der Waals surface area contributed by atoms with Crippen molar-refractivity contribution in [3.8, 4) is 22.3 Å². The van der Waals surface area contributed by atoms with Crippen LogP contribution in [0.4, 0.5) is 22.7 Å². The summed E-state index contributed by atoms with van der Waals surface area (Å²) in [5, 5.41) is 5.07. The van der Waals surface area contributed by atoms with Crippen LogP contribution < -0.4 is 9.80 Å². The van der Waals surface area contributed by atoms with Gasteiger partial charge in [-0.15, -0.1) is 0 Å². The molecule has 0 N–H and O–H groups in total. The van der Waals surface area contributed by atoms with Gasteiger partial charge in [0.1, 0.15) is 0 Å². The molecule has 0 atom stereocenters. The van der Waals surface area contributed by atoms with Crippen LogP contribution in [0, 0.1) is 0 Å². The highest BCUT2D eigenvalue weighted by molar-refractivity contribution is 6.04. The van der Waals surface area contributed by atoms with Gasteiger partial charge in [-0.1, -0.05) is 169 Å². The third kappa shape index (κ3) is 6.13. The van der Waals surface area contributed by atoms with Crippen molar-refractivity contribution in [2.24, 2.45) is 0 Å². The molecular weight excluding hydrogens is 737 g/mol. The molecule has 2 heterocycles. The zero-order valence-corrected chi connectivity index (χ0v) is 36.4. The SMILES string of the molecule is CC1(C)CCN(c2ccc3c(c2)C(C)(C)c2cc(/C=C/c4ccc(-c5ccc6cc(N7CCC(C)(C)c8ccccc87)ccc6c5)c5ccccc45)ccc2-3)c2ccccc21. The van der Waals surface area contributed by atoms with Crippen molar-refractivity contribution in [2.45, 2.75) is 70.6 Å².